The van der Waals surface area contributed by atoms with Gasteiger partial charge >= 0.3 is 5.97 Å². The van der Waals surface area contributed by atoms with Gasteiger partial charge in [-0.25, -0.2) is 4.79 Å². The molecule has 0 bridgehead atoms. The molecule has 0 aromatic carbocycles. The first-order chi connectivity index (χ1) is 10.3. The number of aliphatic carboxylic acids is 1. The zero-order chi connectivity index (χ0) is 17.1. The Bertz CT molecular complexity index is 427. The Morgan fingerprint density at radius 1 is 1.27 bits per heavy atom. The van der Waals surface area contributed by atoms with Crippen LogP contribution in [0.1, 0.15) is 12.8 Å². The van der Waals surface area contributed by atoms with Gasteiger partial charge in [0.25, 0.3) is 0 Å². The second-order valence-corrected chi connectivity index (χ2v) is 4.78. The number of rotatable bonds is 10. The molecule has 2 atom stereocenters. The van der Waals surface area contributed by atoms with Gasteiger partial charge in [0.15, 0.2) is 5.96 Å². The first-order valence-corrected chi connectivity index (χ1v) is 7.12. The fraction of sp³-hybridized carbons (Fsp3) is 0.636. The van der Waals surface area contributed by atoms with Crippen LogP contribution in [-0.4, -0.2) is 59.8 Å². The number of guanidine groups is 1. The second kappa shape index (κ2) is 10.7. The van der Waals surface area contributed by atoms with E-state index in [1.807, 2.05) is 0 Å². The molecule has 0 radical (unpaired) electrons. The Balaban J connectivity index is 4.21. The highest BCUT2D eigenvalue weighted by Gasteiger charge is 2.20. The fourth-order valence-electron chi connectivity index (χ4n) is 1.39. The standard InChI is InChI=1S/C11H22N6O4S/c12-6(5-22)9(19)16-4-8(18)17-7(10(20)21)2-1-3-15-11(13)14/h6-7,22H,1-5,12H2,(H,16,19)(H,17,18)(H,20,21)(H4,13,14,15)/t6-,7-/m0/s1. The Morgan fingerprint density at radius 3 is 2.41 bits per heavy atom. The number of nitrogens with two attached hydrogens (primary N) is 3. The van der Waals surface area contributed by atoms with Crippen molar-refractivity contribution in [1.82, 2.24) is 10.6 Å². The van der Waals surface area contributed by atoms with Crippen LogP contribution in [0.3, 0.4) is 0 Å². The van der Waals surface area contributed by atoms with E-state index in [1.54, 1.807) is 0 Å². The molecule has 0 spiro atoms. The zero-order valence-electron chi connectivity index (χ0n) is 12.0. The summed E-state index contributed by atoms with van der Waals surface area (Å²) >= 11 is 3.85. The van der Waals surface area contributed by atoms with Crippen LogP contribution in [0.15, 0.2) is 4.99 Å². The number of carboxylic acids is 1. The Kier molecular flexibility index (Phi) is 9.70. The van der Waals surface area contributed by atoms with E-state index in [1.165, 1.54) is 0 Å². The molecule has 11 heteroatoms. The van der Waals surface area contributed by atoms with Crippen molar-refractivity contribution in [3.63, 3.8) is 0 Å². The molecule has 0 saturated heterocycles. The van der Waals surface area contributed by atoms with Crippen molar-refractivity contribution in [2.24, 2.45) is 22.2 Å². The Hall–Kier alpha value is -2.01. The molecule has 0 heterocycles. The van der Waals surface area contributed by atoms with Gasteiger partial charge in [-0.1, -0.05) is 0 Å². The minimum atomic E-state index is -1.18. The maximum Gasteiger partial charge on any atom is 0.326 e. The summed E-state index contributed by atoms with van der Waals surface area (Å²) in [6, 6.07) is -1.91. The molecule has 126 valence electrons. The molecular formula is C11H22N6O4S. The first-order valence-electron chi connectivity index (χ1n) is 6.49. The van der Waals surface area contributed by atoms with E-state index in [0.717, 1.165) is 0 Å². The molecule has 0 saturated carbocycles. The number of aliphatic imine (C=N–C) groups is 1. The highest BCUT2D eigenvalue weighted by Crippen LogP contribution is 1.98. The van der Waals surface area contributed by atoms with Crippen molar-refractivity contribution in [2.75, 3.05) is 18.8 Å². The van der Waals surface area contributed by atoms with E-state index in [-0.39, 0.29) is 31.2 Å². The largest absolute Gasteiger partial charge is 0.480 e. The molecule has 10 nitrogen and oxygen atoms in total. The van der Waals surface area contributed by atoms with Crippen LogP contribution in [0, 0.1) is 0 Å². The summed E-state index contributed by atoms with van der Waals surface area (Å²) in [5.41, 5.74) is 15.7. The molecule has 9 N–H and O–H groups in total. The molecule has 0 aromatic rings. The van der Waals surface area contributed by atoms with E-state index < -0.39 is 29.9 Å². The lowest BCUT2D eigenvalue weighted by Crippen LogP contribution is -2.49. The summed E-state index contributed by atoms with van der Waals surface area (Å²) in [6.07, 6.45) is 0.536. The number of carboxylic acid groups (broad SMARTS) is 1. The third kappa shape index (κ3) is 9.02. The molecular weight excluding hydrogens is 312 g/mol. The van der Waals surface area contributed by atoms with Gasteiger partial charge in [0.05, 0.1) is 12.6 Å². The molecule has 0 aliphatic rings. The molecule has 0 aromatic heterocycles. The Labute approximate surface area is 133 Å². The van der Waals surface area contributed by atoms with E-state index in [2.05, 4.69) is 28.3 Å². The molecule has 0 fully saturated rings. The fourth-order valence-corrected chi connectivity index (χ4v) is 1.55. The van der Waals surface area contributed by atoms with Gasteiger partial charge in [-0.3, -0.25) is 14.6 Å². The third-order valence-corrected chi connectivity index (χ3v) is 2.93. The van der Waals surface area contributed by atoms with Gasteiger partial charge in [0.2, 0.25) is 11.8 Å². The van der Waals surface area contributed by atoms with Crippen LogP contribution in [0.5, 0.6) is 0 Å². The number of amides is 2. The normalized spacial score (nSPS) is 12.8. The van der Waals surface area contributed by atoms with E-state index in [4.69, 9.17) is 22.3 Å². The van der Waals surface area contributed by atoms with Crippen molar-refractivity contribution >= 4 is 36.4 Å². The number of carbonyl (C=O) groups excluding carboxylic acids is 2. The quantitative estimate of drug-likeness (QED) is 0.0958. The third-order valence-electron chi connectivity index (χ3n) is 2.54. The summed E-state index contributed by atoms with van der Waals surface area (Å²) in [5.74, 6) is -2.30. The van der Waals surface area contributed by atoms with Gasteiger partial charge in [0.1, 0.15) is 6.04 Å². The average molecular weight is 334 g/mol. The number of hydrogen-bond acceptors (Lipinski definition) is 6. The Morgan fingerprint density at radius 2 is 1.91 bits per heavy atom. The minimum absolute atomic E-state index is 0.0841. The van der Waals surface area contributed by atoms with Gasteiger partial charge < -0.3 is 32.9 Å². The van der Waals surface area contributed by atoms with E-state index >= 15 is 0 Å². The van der Waals surface area contributed by atoms with E-state index in [0.29, 0.717) is 6.42 Å². The number of hydrogen-bond donors (Lipinski definition) is 7. The molecule has 0 rings (SSSR count). The average Bonchev–Trinajstić information content (AvgIpc) is 2.46. The van der Waals surface area contributed by atoms with Crippen LogP contribution < -0.4 is 27.8 Å². The van der Waals surface area contributed by atoms with Gasteiger partial charge in [-0.2, -0.15) is 12.6 Å². The number of nitrogens with zero attached hydrogens (tertiary/aromatic N) is 1. The lowest BCUT2D eigenvalue weighted by Gasteiger charge is -2.15. The number of nitrogens with one attached hydrogen (secondary N) is 2. The minimum Gasteiger partial charge on any atom is -0.480 e. The maximum atomic E-state index is 11.6. The van der Waals surface area contributed by atoms with Crippen LogP contribution in [-0.2, 0) is 14.4 Å². The van der Waals surface area contributed by atoms with Gasteiger partial charge in [-0.05, 0) is 12.8 Å². The summed E-state index contributed by atoms with van der Waals surface area (Å²) in [5, 5.41) is 13.6. The van der Waals surface area contributed by atoms with Crippen molar-refractivity contribution in [3.8, 4) is 0 Å². The molecule has 0 aliphatic carbocycles. The predicted octanol–water partition coefficient (Wildman–Crippen LogP) is -3.02. The van der Waals surface area contributed by atoms with Crippen LogP contribution in [0.4, 0.5) is 0 Å². The van der Waals surface area contributed by atoms with Crippen LogP contribution in [0.25, 0.3) is 0 Å². The molecule has 0 unspecified atom stereocenters. The van der Waals surface area contributed by atoms with Crippen molar-refractivity contribution < 1.29 is 19.5 Å². The first kappa shape index (κ1) is 20.0. The molecule has 22 heavy (non-hydrogen) atoms. The summed E-state index contributed by atoms with van der Waals surface area (Å²) in [6.45, 7) is -0.104. The summed E-state index contributed by atoms with van der Waals surface area (Å²) in [4.78, 5) is 37.7. The van der Waals surface area contributed by atoms with Crippen molar-refractivity contribution in [3.05, 3.63) is 0 Å². The van der Waals surface area contributed by atoms with E-state index in [9.17, 15) is 14.4 Å². The second-order valence-electron chi connectivity index (χ2n) is 4.41. The van der Waals surface area contributed by atoms with Gasteiger partial charge in [-0.15, -0.1) is 0 Å². The predicted molar refractivity (Wildman–Crippen MR) is 84.3 cm³/mol. The highest BCUT2D eigenvalue weighted by molar-refractivity contribution is 7.80. The van der Waals surface area contributed by atoms with Crippen LogP contribution >= 0.6 is 12.6 Å². The lowest BCUT2D eigenvalue weighted by atomic mass is 10.1. The molecule has 2 amide bonds. The lowest BCUT2D eigenvalue weighted by molar-refractivity contribution is -0.141. The number of thiol groups is 1. The summed E-state index contributed by atoms with van der Waals surface area (Å²) in [7, 11) is 0. The van der Waals surface area contributed by atoms with Crippen LogP contribution in [0.2, 0.25) is 0 Å². The zero-order valence-corrected chi connectivity index (χ0v) is 12.9. The maximum absolute atomic E-state index is 11.6. The monoisotopic (exact) mass is 334 g/mol. The SMILES string of the molecule is NC(N)=NCCC[C@H](NC(=O)CNC(=O)[C@@H](N)CS)C(=O)O. The smallest absolute Gasteiger partial charge is 0.326 e. The summed E-state index contributed by atoms with van der Waals surface area (Å²) < 4.78 is 0. The topological polar surface area (TPSA) is 186 Å². The molecule has 0 aliphatic heterocycles. The number of carbonyl (C=O) groups is 3. The van der Waals surface area contributed by atoms with Gasteiger partial charge in [0, 0.05) is 12.3 Å². The van der Waals surface area contributed by atoms with Crippen molar-refractivity contribution in [1.29, 1.82) is 0 Å². The highest BCUT2D eigenvalue weighted by atomic mass is 32.1. The van der Waals surface area contributed by atoms with Crippen molar-refractivity contribution in [2.45, 2.75) is 24.9 Å².